The van der Waals surface area contributed by atoms with E-state index in [0.717, 1.165) is 9.26 Å². The van der Waals surface area contributed by atoms with Crippen LogP contribution in [0.5, 0.6) is 0 Å². The SMILES string of the molecule is COC(=O)c1cc(I)cc(C)n1. The Morgan fingerprint density at radius 2 is 2.25 bits per heavy atom. The molecule has 4 heteroatoms. The molecule has 1 rings (SSSR count). The summed E-state index contributed by atoms with van der Waals surface area (Å²) >= 11 is 2.13. The highest BCUT2D eigenvalue weighted by Crippen LogP contribution is 2.08. The average molecular weight is 277 g/mol. The number of rotatable bonds is 1. The number of ether oxygens (including phenoxy) is 1. The fourth-order valence-corrected chi connectivity index (χ4v) is 1.58. The van der Waals surface area contributed by atoms with E-state index in [2.05, 4.69) is 32.3 Å². The molecule has 0 amide bonds. The average Bonchev–Trinajstić information content (AvgIpc) is 2.01. The number of hydrogen-bond donors (Lipinski definition) is 0. The van der Waals surface area contributed by atoms with Gasteiger partial charge in [0.25, 0.3) is 0 Å². The molecular weight excluding hydrogens is 269 g/mol. The Morgan fingerprint density at radius 3 is 2.75 bits per heavy atom. The molecule has 0 unspecified atom stereocenters. The van der Waals surface area contributed by atoms with E-state index in [4.69, 9.17) is 0 Å². The van der Waals surface area contributed by atoms with Crippen LogP contribution in [0.25, 0.3) is 0 Å². The zero-order valence-electron chi connectivity index (χ0n) is 6.80. The molecule has 1 heterocycles. The molecule has 0 saturated carbocycles. The van der Waals surface area contributed by atoms with Crippen molar-refractivity contribution in [2.75, 3.05) is 7.11 Å². The molecule has 0 aromatic carbocycles. The van der Waals surface area contributed by atoms with Crippen molar-refractivity contribution in [1.29, 1.82) is 0 Å². The molecule has 1 aromatic rings. The van der Waals surface area contributed by atoms with Crippen molar-refractivity contribution < 1.29 is 9.53 Å². The Labute approximate surface area is 84.3 Å². The van der Waals surface area contributed by atoms with Crippen LogP contribution in [-0.4, -0.2) is 18.1 Å². The van der Waals surface area contributed by atoms with Crippen LogP contribution in [0.2, 0.25) is 0 Å². The third kappa shape index (κ3) is 2.17. The number of carbonyl (C=O) groups excluding carboxylic acids is 1. The Morgan fingerprint density at radius 1 is 1.58 bits per heavy atom. The third-order valence-electron chi connectivity index (χ3n) is 1.31. The van der Waals surface area contributed by atoms with E-state index in [1.165, 1.54) is 7.11 Å². The van der Waals surface area contributed by atoms with Gasteiger partial charge in [-0.25, -0.2) is 9.78 Å². The van der Waals surface area contributed by atoms with Crippen molar-refractivity contribution in [3.05, 3.63) is 27.1 Å². The van der Waals surface area contributed by atoms with Gasteiger partial charge in [0.1, 0.15) is 5.69 Å². The summed E-state index contributed by atoms with van der Waals surface area (Å²) in [5.41, 5.74) is 1.18. The maximum atomic E-state index is 11.0. The van der Waals surface area contributed by atoms with E-state index < -0.39 is 5.97 Å². The van der Waals surface area contributed by atoms with E-state index in [0.29, 0.717) is 5.69 Å². The fraction of sp³-hybridized carbons (Fsp3) is 0.250. The van der Waals surface area contributed by atoms with Gasteiger partial charge >= 0.3 is 5.97 Å². The molecule has 0 N–H and O–H groups in total. The van der Waals surface area contributed by atoms with Gasteiger partial charge in [-0.2, -0.15) is 0 Å². The smallest absolute Gasteiger partial charge is 0.356 e. The molecule has 3 nitrogen and oxygen atoms in total. The van der Waals surface area contributed by atoms with Gasteiger partial charge in [-0.1, -0.05) is 0 Å². The second kappa shape index (κ2) is 3.84. The summed E-state index contributed by atoms with van der Waals surface area (Å²) in [6.07, 6.45) is 0. The standard InChI is InChI=1S/C8H8INO2/c1-5-3-6(9)4-7(10-5)8(11)12-2/h3-4H,1-2H3. The van der Waals surface area contributed by atoms with Gasteiger partial charge in [0.15, 0.2) is 0 Å². The molecule has 0 spiro atoms. The maximum absolute atomic E-state index is 11.0. The van der Waals surface area contributed by atoms with Crippen molar-refractivity contribution >= 4 is 28.6 Å². The van der Waals surface area contributed by atoms with Crippen LogP contribution < -0.4 is 0 Å². The van der Waals surface area contributed by atoms with Crippen LogP contribution in [0.1, 0.15) is 16.2 Å². The van der Waals surface area contributed by atoms with Crippen molar-refractivity contribution in [2.24, 2.45) is 0 Å². The Hall–Kier alpha value is -0.650. The molecule has 0 saturated heterocycles. The van der Waals surface area contributed by atoms with Gasteiger partial charge in [0, 0.05) is 9.26 Å². The quantitative estimate of drug-likeness (QED) is 0.580. The summed E-state index contributed by atoms with van der Waals surface area (Å²) < 4.78 is 5.53. The summed E-state index contributed by atoms with van der Waals surface area (Å²) in [6.45, 7) is 1.84. The van der Waals surface area contributed by atoms with Crippen LogP contribution in [0.4, 0.5) is 0 Å². The summed E-state index contributed by atoms with van der Waals surface area (Å²) in [7, 11) is 1.35. The molecule has 0 radical (unpaired) electrons. The minimum absolute atomic E-state index is 0.363. The minimum atomic E-state index is -0.392. The second-order valence-corrected chi connectivity index (χ2v) is 3.55. The summed E-state index contributed by atoms with van der Waals surface area (Å²) in [5, 5.41) is 0. The Kier molecular flexibility index (Phi) is 3.02. The van der Waals surface area contributed by atoms with Crippen LogP contribution in [0, 0.1) is 10.5 Å². The number of nitrogens with zero attached hydrogens (tertiary/aromatic N) is 1. The number of esters is 1. The first-order valence-corrected chi connectivity index (χ1v) is 4.44. The number of halogens is 1. The van der Waals surface area contributed by atoms with Gasteiger partial charge in [-0.05, 0) is 41.6 Å². The lowest BCUT2D eigenvalue weighted by atomic mass is 10.3. The monoisotopic (exact) mass is 277 g/mol. The molecule has 0 bridgehead atoms. The van der Waals surface area contributed by atoms with Gasteiger partial charge in [0.05, 0.1) is 7.11 Å². The summed E-state index contributed by atoms with van der Waals surface area (Å²) in [6, 6.07) is 3.59. The number of carbonyl (C=O) groups is 1. The lowest BCUT2D eigenvalue weighted by Gasteiger charge is -2.00. The van der Waals surface area contributed by atoms with Gasteiger partial charge in [-0.3, -0.25) is 0 Å². The number of aryl methyl sites for hydroxylation is 1. The van der Waals surface area contributed by atoms with Crippen LogP contribution >= 0.6 is 22.6 Å². The van der Waals surface area contributed by atoms with E-state index in [9.17, 15) is 4.79 Å². The number of aromatic nitrogens is 1. The first-order chi connectivity index (χ1) is 5.63. The predicted molar refractivity (Wildman–Crippen MR) is 53.0 cm³/mol. The van der Waals surface area contributed by atoms with E-state index >= 15 is 0 Å². The molecule has 0 fully saturated rings. The molecule has 1 aromatic heterocycles. The van der Waals surface area contributed by atoms with Crippen LogP contribution in [0.3, 0.4) is 0 Å². The van der Waals surface area contributed by atoms with Crippen molar-refractivity contribution in [2.45, 2.75) is 6.92 Å². The molecule has 0 aliphatic heterocycles. The number of methoxy groups -OCH3 is 1. The number of hydrogen-bond acceptors (Lipinski definition) is 3. The summed E-state index contributed by atoms with van der Waals surface area (Å²) in [5.74, 6) is -0.392. The topological polar surface area (TPSA) is 39.2 Å². The predicted octanol–water partition coefficient (Wildman–Crippen LogP) is 1.78. The normalized spacial score (nSPS) is 9.58. The Balaban J connectivity index is 3.08. The second-order valence-electron chi connectivity index (χ2n) is 2.30. The van der Waals surface area contributed by atoms with Crippen LogP contribution in [-0.2, 0) is 4.74 Å². The van der Waals surface area contributed by atoms with Gasteiger partial charge in [-0.15, -0.1) is 0 Å². The van der Waals surface area contributed by atoms with Gasteiger partial charge < -0.3 is 4.74 Å². The lowest BCUT2D eigenvalue weighted by molar-refractivity contribution is 0.0593. The maximum Gasteiger partial charge on any atom is 0.356 e. The zero-order chi connectivity index (χ0) is 9.14. The van der Waals surface area contributed by atoms with Crippen molar-refractivity contribution in [3.8, 4) is 0 Å². The minimum Gasteiger partial charge on any atom is -0.464 e. The molecule has 0 aliphatic rings. The fourth-order valence-electron chi connectivity index (χ4n) is 0.836. The highest BCUT2D eigenvalue weighted by Gasteiger charge is 2.07. The highest BCUT2D eigenvalue weighted by atomic mass is 127. The molecule has 0 atom stereocenters. The molecule has 64 valence electrons. The molecule has 0 aliphatic carbocycles. The first kappa shape index (κ1) is 9.44. The summed E-state index contributed by atoms with van der Waals surface area (Å²) in [4.78, 5) is 15.1. The lowest BCUT2D eigenvalue weighted by Crippen LogP contribution is -2.05. The van der Waals surface area contributed by atoms with Crippen LogP contribution in [0.15, 0.2) is 12.1 Å². The van der Waals surface area contributed by atoms with E-state index in [1.54, 1.807) is 6.07 Å². The molecule has 12 heavy (non-hydrogen) atoms. The van der Waals surface area contributed by atoms with Crippen molar-refractivity contribution in [3.63, 3.8) is 0 Å². The number of pyridine rings is 1. The van der Waals surface area contributed by atoms with Gasteiger partial charge in [0.2, 0.25) is 0 Å². The third-order valence-corrected chi connectivity index (χ3v) is 1.94. The van der Waals surface area contributed by atoms with E-state index in [1.807, 2.05) is 13.0 Å². The largest absolute Gasteiger partial charge is 0.464 e. The Bertz CT molecular complexity index is 292. The zero-order valence-corrected chi connectivity index (χ0v) is 8.95. The van der Waals surface area contributed by atoms with E-state index in [-0.39, 0.29) is 0 Å². The highest BCUT2D eigenvalue weighted by molar-refractivity contribution is 14.1. The molecular formula is C8H8INO2. The van der Waals surface area contributed by atoms with Crippen molar-refractivity contribution in [1.82, 2.24) is 4.98 Å². The first-order valence-electron chi connectivity index (χ1n) is 3.36.